The number of carbonyl (C=O) groups is 6. The fraction of sp³-hybridized carbons (Fsp3) is 0.435. The Morgan fingerprint density at radius 3 is 2.34 bits per heavy atom. The van der Waals surface area contributed by atoms with E-state index in [1.165, 1.54) is 19.1 Å². The predicted molar refractivity (Wildman–Crippen MR) is 134 cm³/mol. The van der Waals surface area contributed by atoms with Crippen LogP contribution in [0.2, 0.25) is 0 Å². The van der Waals surface area contributed by atoms with Crippen molar-refractivity contribution >= 4 is 41.5 Å². The minimum absolute atomic E-state index is 0.0553. The van der Waals surface area contributed by atoms with Gasteiger partial charge >= 0.3 is 5.97 Å². The Labute approximate surface area is 218 Å². The SMILES string of the molecule is CC1NC(=O)c2cccc(c2)CNC(=O)C(CC(=O)O)NC(=O)CNC(=O)C(CCCN=C(N)N)NC1=O. The Bertz CT molecular complexity index is 1100. The molecule has 1 aromatic rings. The van der Waals surface area contributed by atoms with Crippen LogP contribution < -0.4 is 38.1 Å². The fourth-order valence-corrected chi connectivity index (χ4v) is 3.47. The molecule has 206 valence electrons. The summed E-state index contributed by atoms with van der Waals surface area (Å²) in [7, 11) is 0. The monoisotopic (exact) mass is 532 g/mol. The molecule has 3 unspecified atom stereocenters. The average Bonchev–Trinajstić information content (AvgIpc) is 2.86. The summed E-state index contributed by atoms with van der Waals surface area (Å²) in [6.45, 7) is 0.980. The van der Waals surface area contributed by atoms with Crippen molar-refractivity contribution in [2.24, 2.45) is 16.5 Å². The topological polar surface area (TPSA) is 247 Å². The summed E-state index contributed by atoms with van der Waals surface area (Å²) in [5.41, 5.74) is 11.3. The number of aliphatic imine (C=N–C) groups is 1. The summed E-state index contributed by atoms with van der Waals surface area (Å²) in [5, 5.41) is 21.4. The van der Waals surface area contributed by atoms with Crippen molar-refractivity contribution in [3.8, 4) is 0 Å². The molecule has 0 aromatic heterocycles. The average molecular weight is 533 g/mol. The van der Waals surface area contributed by atoms with Crippen LogP contribution in [0.3, 0.4) is 0 Å². The molecule has 10 N–H and O–H groups in total. The lowest BCUT2D eigenvalue weighted by atomic mass is 10.1. The van der Waals surface area contributed by atoms with Crippen LogP contribution in [0.15, 0.2) is 29.3 Å². The van der Waals surface area contributed by atoms with Crippen molar-refractivity contribution in [3.63, 3.8) is 0 Å². The zero-order valence-electron chi connectivity index (χ0n) is 20.8. The van der Waals surface area contributed by atoms with E-state index in [4.69, 9.17) is 16.6 Å². The molecule has 38 heavy (non-hydrogen) atoms. The fourth-order valence-electron chi connectivity index (χ4n) is 3.47. The van der Waals surface area contributed by atoms with Gasteiger partial charge in [0.2, 0.25) is 23.6 Å². The number of fused-ring (bicyclic) bond motifs is 2. The van der Waals surface area contributed by atoms with Gasteiger partial charge in [-0.05, 0) is 37.5 Å². The summed E-state index contributed by atoms with van der Waals surface area (Å²) in [5.74, 6) is -4.96. The van der Waals surface area contributed by atoms with Crippen molar-refractivity contribution in [2.75, 3.05) is 13.1 Å². The van der Waals surface area contributed by atoms with E-state index in [-0.39, 0.29) is 31.0 Å². The van der Waals surface area contributed by atoms with E-state index in [9.17, 15) is 28.8 Å². The third-order valence-electron chi connectivity index (χ3n) is 5.43. The zero-order chi connectivity index (χ0) is 28.2. The maximum Gasteiger partial charge on any atom is 0.305 e. The van der Waals surface area contributed by atoms with E-state index >= 15 is 0 Å². The van der Waals surface area contributed by atoms with Crippen LogP contribution in [0, 0.1) is 0 Å². The van der Waals surface area contributed by atoms with Gasteiger partial charge in [-0.2, -0.15) is 0 Å². The van der Waals surface area contributed by atoms with Gasteiger partial charge in [0.05, 0.1) is 13.0 Å². The zero-order valence-corrected chi connectivity index (χ0v) is 20.8. The van der Waals surface area contributed by atoms with Gasteiger partial charge in [-0.3, -0.25) is 33.8 Å². The summed E-state index contributed by atoms with van der Waals surface area (Å²) in [4.78, 5) is 78.3. The van der Waals surface area contributed by atoms with Crippen molar-refractivity contribution in [1.29, 1.82) is 0 Å². The van der Waals surface area contributed by atoms with Gasteiger partial charge in [-0.25, -0.2) is 0 Å². The van der Waals surface area contributed by atoms with Gasteiger partial charge in [-0.15, -0.1) is 0 Å². The number of benzene rings is 1. The first-order valence-corrected chi connectivity index (χ1v) is 11.8. The van der Waals surface area contributed by atoms with Crippen LogP contribution in [-0.4, -0.2) is 77.8 Å². The second-order valence-electron chi connectivity index (χ2n) is 8.56. The van der Waals surface area contributed by atoms with E-state index in [2.05, 4.69) is 31.6 Å². The molecule has 1 aliphatic rings. The van der Waals surface area contributed by atoms with Gasteiger partial charge in [0, 0.05) is 18.7 Å². The molecule has 0 spiro atoms. The number of guanidine groups is 1. The van der Waals surface area contributed by atoms with E-state index in [1.807, 2.05) is 0 Å². The first kappa shape index (κ1) is 29.5. The quantitative estimate of drug-likeness (QED) is 0.106. The maximum atomic E-state index is 12.8. The summed E-state index contributed by atoms with van der Waals surface area (Å²) in [6.07, 6.45) is -0.297. The third-order valence-corrected chi connectivity index (χ3v) is 5.43. The molecule has 2 bridgehead atoms. The van der Waals surface area contributed by atoms with Crippen molar-refractivity contribution in [1.82, 2.24) is 26.6 Å². The van der Waals surface area contributed by atoms with Crippen molar-refractivity contribution < 1.29 is 33.9 Å². The molecule has 1 aliphatic heterocycles. The predicted octanol–water partition coefficient (Wildman–Crippen LogP) is -2.95. The van der Waals surface area contributed by atoms with E-state index in [0.29, 0.717) is 12.0 Å². The van der Waals surface area contributed by atoms with Gasteiger partial charge in [-0.1, -0.05) is 12.1 Å². The Hall–Kier alpha value is -4.69. The largest absolute Gasteiger partial charge is 0.481 e. The van der Waals surface area contributed by atoms with E-state index in [1.54, 1.807) is 12.1 Å². The number of aliphatic carboxylic acids is 1. The van der Waals surface area contributed by atoms with Crippen LogP contribution in [0.4, 0.5) is 0 Å². The van der Waals surface area contributed by atoms with Gasteiger partial charge < -0.3 is 43.2 Å². The molecule has 0 aliphatic carbocycles. The molecule has 0 saturated heterocycles. The number of hydrogen-bond acceptors (Lipinski definition) is 7. The van der Waals surface area contributed by atoms with Crippen LogP contribution in [0.5, 0.6) is 0 Å². The second kappa shape index (κ2) is 14.2. The number of rotatable bonds is 6. The Kier molecular flexibility index (Phi) is 11.0. The smallest absolute Gasteiger partial charge is 0.305 e. The highest BCUT2D eigenvalue weighted by molar-refractivity contribution is 5.99. The highest BCUT2D eigenvalue weighted by Gasteiger charge is 2.27. The number of hydrogen-bond donors (Lipinski definition) is 8. The number of carboxylic acid groups (broad SMARTS) is 1. The molecule has 15 nitrogen and oxygen atoms in total. The lowest BCUT2D eigenvalue weighted by molar-refractivity contribution is -0.140. The molecule has 1 heterocycles. The lowest BCUT2D eigenvalue weighted by Crippen LogP contribution is -2.55. The molecule has 1 aromatic carbocycles. The number of nitrogens with two attached hydrogens (primary N) is 2. The summed E-state index contributed by atoms with van der Waals surface area (Å²) in [6, 6.07) is 2.68. The highest BCUT2D eigenvalue weighted by atomic mass is 16.4. The third kappa shape index (κ3) is 9.75. The molecule has 0 fully saturated rings. The maximum absolute atomic E-state index is 12.8. The molecule has 15 heteroatoms. The number of nitrogens with zero attached hydrogens (tertiary/aromatic N) is 1. The van der Waals surface area contributed by atoms with Crippen molar-refractivity contribution in [3.05, 3.63) is 35.4 Å². The molecule has 0 saturated carbocycles. The molecular formula is C23H32N8O7. The van der Waals surface area contributed by atoms with Crippen LogP contribution >= 0.6 is 0 Å². The first-order chi connectivity index (χ1) is 18.0. The van der Waals surface area contributed by atoms with Crippen molar-refractivity contribution in [2.45, 2.75) is 50.9 Å². The van der Waals surface area contributed by atoms with Crippen LogP contribution in [-0.2, 0) is 30.5 Å². The Balaban J connectivity index is 2.30. The van der Waals surface area contributed by atoms with Gasteiger partial charge in [0.1, 0.15) is 18.1 Å². The lowest BCUT2D eigenvalue weighted by Gasteiger charge is -2.22. The standard InChI is InChI=1S/C23H32N8O7/c1-12-19(35)31-15(6-3-7-26-23(24)25)21(37)28-11-17(32)30-16(9-18(33)34)22(38)27-10-13-4-2-5-14(8-13)20(36)29-12/h2,4-5,8,12,15-16H,3,6-7,9-11H2,1H3,(H,27,38)(H,28,37)(H,29,36)(H,30,32)(H,31,35)(H,33,34)(H4,24,25,26). The number of amides is 5. The first-order valence-electron chi connectivity index (χ1n) is 11.8. The highest BCUT2D eigenvalue weighted by Crippen LogP contribution is 2.07. The van der Waals surface area contributed by atoms with E-state index in [0.717, 1.165) is 0 Å². The number of carboxylic acids is 1. The Morgan fingerprint density at radius 1 is 0.974 bits per heavy atom. The van der Waals surface area contributed by atoms with E-state index < -0.39 is 66.6 Å². The minimum atomic E-state index is -1.42. The summed E-state index contributed by atoms with van der Waals surface area (Å²) < 4.78 is 0. The van der Waals surface area contributed by atoms with Gasteiger partial charge in [0.15, 0.2) is 5.96 Å². The summed E-state index contributed by atoms with van der Waals surface area (Å²) >= 11 is 0. The normalized spacial score (nSPS) is 21.4. The van der Waals surface area contributed by atoms with Gasteiger partial charge in [0.25, 0.3) is 5.91 Å². The molecule has 2 rings (SSSR count). The van der Waals surface area contributed by atoms with Crippen LogP contribution in [0.25, 0.3) is 0 Å². The minimum Gasteiger partial charge on any atom is -0.481 e. The molecule has 3 atom stereocenters. The second-order valence-corrected chi connectivity index (χ2v) is 8.56. The molecule has 5 amide bonds. The number of nitrogens with one attached hydrogen (secondary N) is 5. The molecule has 0 radical (unpaired) electrons. The molecular weight excluding hydrogens is 500 g/mol. The Morgan fingerprint density at radius 2 is 1.66 bits per heavy atom. The number of carbonyl (C=O) groups excluding carboxylic acids is 5. The van der Waals surface area contributed by atoms with Crippen LogP contribution in [0.1, 0.15) is 42.1 Å².